The summed E-state index contributed by atoms with van der Waals surface area (Å²) >= 11 is 2.86. The van der Waals surface area contributed by atoms with Crippen molar-refractivity contribution in [3.8, 4) is 5.75 Å². The van der Waals surface area contributed by atoms with Crippen molar-refractivity contribution in [3.63, 3.8) is 0 Å². The number of amides is 1. The van der Waals surface area contributed by atoms with E-state index in [1.54, 1.807) is 18.8 Å². The lowest BCUT2D eigenvalue weighted by Gasteiger charge is -2.28. The average molecular weight is 370 g/mol. The van der Waals surface area contributed by atoms with E-state index in [9.17, 15) is 9.59 Å². The number of aryl methyl sites for hydroxylation is 2. The molecule has 0 fully saturated rings. The molecule has 1 amide bonds. The fraction of sp³-hybridized carbons (Fsp3) is 0.556. The van der Waals surface area contributed by atoms with Gasteiger partial charge in [-0.15, -0.1) is 11.8 Å². The summed E-state index contributed by atoms with van der Waals surface area (Å²) in [7, 11) is 1.62. The number of carbonyl (C=O) groups is 2. The molecule has 0 saturated carbocycles. The summed E-state index contributed by atoms with van der Waals surface area (Å²) in [4.78, 5) is 25.8. The molecule has 1 aromatic rings. The minimum atomic E-state index is -0.684. The summed E-state index contributed by atoms with van der Waals surface area (Å²) in [6.45, 7) is 11.4. The molecule has 0 aliphatic carbocycles. The number of nitrogens with zero attached hydrogens (tertiary/aromatic N) is 1. The lowest BCUT2D eigenvalue weighted by Crippen LogP contribution is -2.37. The summed E-state index contributed by atoms with van der Waals surface area (Å²) in [5, 5.41) is 0. The van der Waals surface area contributed by atoms with Crippen molar-refractivity contribution in [2.45, 2.75) is 51.2 Å². The second kappa shape index (κ2) is 8.30. The lowest BCUT2D eigenvalue weighted by molar-refractivity contribution is -0.123. The molecular weight excluding hydrogens is 342 g/mol. The van der Waals surface area contributed by atoms with E-state index in [2.05, 4.69) is 0 Å². The van der Waals surface area contributed by atoms with Gasteiger partial charge in [-0.05, 0) is 69.2 Å². The zero-order valence-corrected chi connectivity index (χ0v) is 17.4. The first kappa shape index (κ1) is 20.9. The predicted molar refractivity (Wildman–Crippen MR) is 103 cm³/mol. The summed E-state index contributed by atoms with van der Waals surface area (Å²) < 4.78 is 6.17. The highest BCUT2D eigenvalue weighted by atomic mass is 32.2. The van der Waals surface area contributed by atoms with E-state index in [0.717, 1.165) is 11.1 Å². The number of hydrogen-bond donors (Lipinski definition) is 0. The average Bonchev–Trinajstić information content (AvgIpc) is 2.45. The fourth-order valence-electron chi connectivity index (χ4n) is 2.58. The molecule has 0 aliphatic heterocycles. The molecule has 0 heterocycles. The summed E-state index contributed by atoms with van der Waals surface area (Å²) in [6.07, 6.45) is 1.54. The SMILES string of the molecule is CSc1c(C)cc(OC(=O)N(C)SC(C)(C)C(=O)C(C)C)cc1C. The van der Waals surface area contributed by atoms with Gasteiger partial charge in [-0.3, -0.25) is 9.10 Å². The van der Waals surface area contributed by atoms with Gasteiger partial charge in [0, 0.05) is 17.9 Å². The first-order chi connectivity index (χ1) is 11.0. The van der Waals surface area contributed by atoms with E-state index in [1.807, 2.05) is 59.9 Å². The molecule has 0 N–H and O–H groups in total. The Kier molecular flexibility index (Phi) is 7.23. The van der Waals surface area contributed by atoms with Crippen LogP contribution in [0.1, 0.15) is 38.8 Å². The van der Waals surface area contributed by atoms with Gasteiger partial charge in [0.2, 0.25) is 0 Å². The second-order valence-corrected chi connectivity index (χ2v) is 9.14. The Bertz CT molecular complexity index is 604. The van der Waals surface area contributed by atoms with Crippen LogP contribution < -0.4 is 4.74 Å². The van der Waals surface area contributed by atoms with Crippen molar-refractivity contribution in [1.82, 2.24) is 4.31 Å². The van der Waals surface area contributed by atoms with Crippen LogP contribution in [0.2, 0.25) is 0 Å². The van der Waals surface area contributed by atoms with Crippen molar-refractivity contribution in [2.75, 3.05) is 13.3 Å². The summed E-state index contributed by atoms with van der Waals surface area (Å²) in [5.41, 5.74) is 2.16. The van der Waals surface area contributed by atoms with Crippen molar-refractivity contribution in [2.24, 2.45) is 5.92 Å². The van der Waals surface area contributed by atoms with Gasteiger partial charge < -0.3 is 4.74 Å². The third kappa shape index (κ3) is 5.18. The monoisotopic (exact) mass is 369 g/mol. The Morgan fingerprint density at radius 1 is 1.17 bits per heavy atom. The number of hydrogen-bond acceptors (Lipinski definition) is 5. The topological polar surface area (TPSA) is 46.6 Å². The normalized spacial score (nSPS) is 11.5. The van der Waals surface area contributed by atoms with Gasteiger partial charge in [-0.1, -0.05) is 13.8 Å². The highest BCUT2D eigenvalue weighted by molar-refractivity contribution is 7.99. The molecule has 4 nitrogen and oxygen atoms in total. The fourth-order valence-corrected chi connectivity index (χ4v) is 4.46. The molecule has 1 rings (SSSR count). The third-order valence-corrected chi connectivity index (χ3v) is 5.72. The maximum Gasteiger partial charge on any atom is 0.425 e. The zero-order chi connectivity index (χ0) is 18.7. The number of ether oxygens (including phenoxy) is 1. The summed E-state index contributed by atoms with van der Waals surface area (Å²) in [6, 6.07) is 3.72. The van der Waals surface area contributed by atoms with Crippen LogP contribution >= 0.6 is 23.7 Å². The van der Waals surface area contributed by atoms with Crippen molar-refractivity contribution in [3.05, 3.63) is 23.3 Å². The van der Waals surface area contributed by atoms with E-state index >= 15 is 0 Å². The first-order valence-electron chi connectivity index (χ1n) is 7.83. The Morgan fingerprint density at radius 2 is 1.67 bits per heavy atom. The molecule has 0 atom stereocenters. The van der Waals surface area contributed by atoms with Gasteiger partial charge in [0.25, 0.3) is 0 Å². The minimum absolute atomic E-state index is 0.0821. The van der Waals surface area contributed by atoms with E-state index < -0.39 is 10.8 Å². The van der Waals surface area contributed by atoms with Gasteiger partial charge in [-0.25, -0.2) is 4.79 Å². The molecule has 0 aliphatic rings. The van der Waals surface area contributed by atoms with Crippen LogP contribution in [0.25, 0.3) is 0 Å². The number of thioether (sulfide) groups is 1. The summed E-state index contributed by atoms with van der Waals surface area (Å²) in [5.74, 6) is 0.540. The van der Waals surface area contributed by atoms with Crippen LogP contribution in [0.15, 0.2) is 17.0 Å². The third-order valence-electron chi connectivity index (χ3n) is 3.58. The Hall–Kier alpha value is -1.14. The molecule has 134 valence electrons. The van der Waals surface area contributed by atoms with Crippen LogP contribution in [0.3, 0.4) is 0 Å². The predicted octanol–water partition coefficient (Wildman–Crippen LogP) is 5.11. The number of benzene rings is 1. The van der Waals surface area contributed by atoms with E-state index in [1.165, 1.54) is 21.1 Å². The van der Waals surface area contributed by atoms with Crippen LogP contribution in [-0.2, 0) is 4.79 Å². The maximum absolute atomic E-state index is 12.3. The Balaban J connectivity index is 2.83. The van der Waals surface area contributed by atoms with Crippen molar-refractivity contribution < 1.29 is 14.3 Å². The van der Waals surface area contributed by atoms with Crippen molar-refractivity contribution >= 4 is 35.6 Å². The van der Waals surface area contributed by atoms with Gasteiger partial charge in [0.1, 0.15) is 5.75 Å². The molecule has 24 heavy (non-hydrogen) atoms. The number of ketones is 1. The molecular formula is C18H27NO3S2. The Morgan fingerprint density at radius 3 is 2.08 bits per heavy atom. The zero-order valence-electron chi connectivity index (χ0n) is 15.7. The Labute approximate surface area is 153 Å². The van der Waals surface area contributed by atoms with Gasteiger partial charge >= 0.3 is 6.09 Å². The maximum atomic E-state index is 12.3. The van der Waals surface area contributed by atoms with Crippen LogP contribution in [0.4, 0.5) is 4.79 Å². The van der Waals surface area contributed by atoms with E-state index in [4.69, 9.17) is 4.74 Å². The van der Waals surface area contributed by atoms with Gasteiger partial charge in [0.05, 0.1) is 4.75 Å². The molecule has 0 aromatic heterocycles. The van der Waals surface area contributed by atoms with E-state index in [-0.39, 0.29) is 11.7 Å². The standard InChI is InChI=1S/C18H27NO3S2/c1-11(2)16(20)18(5,6)24-19(7)17(21)22-14-9-12(3)15(23-8)13(4)10-14/h9-11H,1-8H3. The highest BCUT2D eigenvalue weighted by Crippen LogP contribution is 2.32. The second-order valence-electron chi connectivity index (χ2n) is 6.58. The van der Waals surface area contributed by atoms with Gasteiger partial charge in [0.15, 0.2) is 5.78 Å². The molecule has 0 bridgehead atoms. The molecule has 1 aromatic carbocycles. The largest absolute Gasteiger partial charge is 0.425 e. The van der Waals surface area contributed by atoms with Crippen LogP contribution in [0, 0.1) is 19.8 Å². The first-order valence-corrected chi connectivity index (χ1v) is 9.83. The minimum Gasteiger partial charge on any atom is -0.410 e. The number of rotatable bonds is 6. The molecule has 0 unspecified atom stereocenters. The van der Waals surface area contributed by atoms with Crippen LogP contribution in [-0.4, -0.2) is 34.2 Å². The molecule has 0 radical (unpaired) electrons. The molecule has 0 spiro atoms. The van der Waals surface area contributed by atoms with Gasteiger partial charge in [-0.2, -0.15) is 0 Å². The number of Topliss-reactive ketones (excluding diaryl/α,β-unsaturated/α-hetero) is 1. The van der Waals surface area contributed by atoms with Crippen molar-refractivity contribution in [1.29, 1.82) is 0 Å². The quantitative estimate of drug-likeness (QED) is 0.515. The van der Waals surface area contributed by atoms with E-state index in [0.29, 0.717) is 5.75 Å². The number of carbonyl (C=O) groups excluding carboxylic acids is 2. The smallest absolute Gasteiger partial charge is 0.410 e. The molecule has 6 heteroatoms. The lowest BCUT2D eigenvalue weighted by atomic mass is 9.98. The van der Waals surface area contributed by atoms with Crippen LogP contribution in [0.5, 0.6) is 5.75 Å². The molecule has 0 saturated heterocycles. The highest BCUT2D eigenvalue weighted by Gasteiger charge is 2.33.